The maximum absolute atomic E-state index is 12.2. The largest absolute Gasteiger partial charge is 0.493 e. The number of nitrogens with one attached hydrogen (secondary N) is 1. The number of aromatic amines is 1. The van der Waals surface area contributed by atoms with Gasteiger partial charge in [-0.25, -0.2) is 0 Å². The minimum absolute atomic E-state index is 0.0674. The fraction of sp³-hybridized carbons (Fsp3) is 0.308. The molecule has 1 N–H and O–H groups in total. The number of ketones is 1. The SMILES string of the molecule is COc1cc(C(=O)CSc2cn[nH]n2)cc(OC)c1OC. The highest BCUT2D eigenvalue weighted by atomic mass is 32.2. The van der Waals surface area contributed by atoms with Crippen LogP contribution >= 0.6 is 11.8 Å². The van der Waals surface area contributed by atoms with Crippen molar-refractivity contribution < 1.29 is 19.0 Å². The number of hydrogen-bond acceptors (Lipinski definition) is 7. The molecule has 0 aliphatic carbocycles. The second kappa shape index (κ2) is 6.98. The predicted molar refractivity (Wildman–Crippen MR) is 77.5 cm³/mol. The van der Waals surface area contributed by atoms with E-state index in [9.17, 15) is 4.79 Å². The number of thioether (sulfide) groups is 1. The van der Waals surface area contributed by atoms with Gasteiger partial charge in [0.25, 0.3) is 0 Å². The van der Waals surface area contributed by atoms with Crippen LogP contribution in [0.1, 0.15) is 10.4 Å². The van der Waals surface area contributed by atoms with Crippen molar-refractivity contribution in [3.05, 3.63) is 23.9 Å². The second-order valence-electron chi connectivity index (χ2n) is 3.93. The maximum Gasteiger partial charge on any atom is 0.203 e. The summed E-state index contributed by atoms with van der Waals surface area (Å²) in [5, 5.41) is 10.7. The molecule has 0 atom stereocenters. The highest BCUT2D eigenvalue weighted by molar-refractivity contribution is 7.99. The van der Waals surface area contributed by atoms with Gasteiger partial charge < -0.3 is 14.2 Å². The van der Waals surface area contributed by atoms with E-state index in [0.29, 0.717) is 27.8 Å². The van der Waals surface area contributed by atoms with Crippen LogP contribution in [0.3, 0.4) is 0 Å². The van der Waals surface area contributed by atoms with E-state index in [1.165, 1.54) is 33.1 Å². The lowest BCUT2D eigenvalue weighted by Crippen LogP contribution is -2.05. The molecule has 2 rings (SSSR count). The van der Waals surface area contributed by atoms with Crippen LogP contribution in [-0.2, 0) is 0 Å². The summed E-state index contributed by atoms with van der Waals surface area (Å²) in [6, 6.07) is 3.26. The summed E-state index contributed by atoms with van der Waals surface area (Å²) in [7, 11) is 4.54. The van der Waals surface area contributed by atoms with Crippen LogP contribution in [0.2, 0.25) is 0 Å². The van der Waals surface area contributed by atoms with Crippen molar-refractivity contribution in [1.82, 2.24) is 15.4 Å². The van der Waals surface area contributed by atoms with Crippen LogP contribution < -0.4 is 14.2 Å². The zero-order chi connectivity index (χ0) is 15.2. The van der Waals surface area contributed by atoms with Crippen molar-refractivity contribution in [2.24, 2.45) is 0 Å². The number of methoxy groups -OCH3 is 3. The van der Waals surface area contributed by atoms with Gasteiger partial charge in [-0.1, -0.05) is 11.8 Å². The molecule has 2 aromatic rings. The molecule has 21 heavy (non-hydrogen) atoms. The Morgan fingerprint density at radius 3 is 2.33 bits per heavy atom. The first-order chi connectivity index (χ1) is 10.2. The van der Waals surface area contributed by atoms with Gasteiger partial charge in [0, 0.05) is 5.56 Å². The number of nitrogens with zero attached hydrogens (tertiary/aromatic N) is 2. The van der Waals surface area contributed by atoms with Gasteiger partial charge in [0.05, 0.1) is 33.3 Å². The minimum Gasteiger partial charge on any atom is -0.493 e. The molecule has 0 radical (unpaired) electrons. The van der Waals surface area contributed by atoms with Gasteiger partial charge in [-0.15, -0.1) is 5.10 Å². The van der Waals surface area contributed by atoms with E-state index >= 15 is 0 Å². The average molecular weight is 309 g/mol. The number of hydrogen-bond donors (Lipinski definition) is 1. The lowest BCUT2D eigenvalue weighted by Gasteiger charge is -2.13. The molecule has 0 bridgehead atoms. The molecule has 1 aromatic carbocycles. The quantitative estimate of drug-likeness (QED) is 0.616. The molecule has 7 nitrogen and oxygen atoms in total. The summed E-state index contributed by atoms with van der Waals surface area (Å²) in [6.45, 7) is 0. The molecular weight excluding hydrogens is 294 g/mol. The third-order valence-electron chi connectivity index (χ3n) is 2.73. The summed E-state index contributed by atoms with van der Waals surface area (Å²) in [6.07, 6.45) is 1.56. The van der Waals surface area contributed by atoms with E-state index in [1.54, 1.807) is 18.3 Å². The van der Waals surface area contributed by atoms with Crippen molar-refractivity contribution in [2.45, 2.75) is 5.03 Å². The molecule has 1 aromatic heterocycles. The highest BCUT2D eigenvalue weighted by Gasteiger charge is 2.17. The Balaban J connectivity index is 2.20. The predicted octanol–water partition coefficient (Wildman–Crippen LogP) is 1.81. The first-order valence-electron chi connectivity index (χ1n) is 6.01. The highest BCUT2D eigenvalue weighted by Crippen LogP contribution is 2.38. The van der Waals surface area contributed by atoms with Crippen LogP contribution in [0, 0.1) is 0 Å². The number of aromatic nitrogens is 3. The van der Waals surface area contributed by atoms with Crippen LogP contribution in [0.15, 0.2) is 23.4 Å². The Morgan fingerprint density at radius 2 is 1.86 bits per heavy atom. The van der Waals surface area contributed by atoms with Crippen molar-refractivity contribution in [2.75, 3.05) is 27.1 Å². The van der Waals surface area contributed by atoms with Crippen LogP contribution in [0.5, 0.6) is 17.2 Å². The molecule has 8 heteroatoms. The third-order valence-corrected chi connectivity index (χ3v) is 3.63. The standard InChI is InChI=1S/C13H15N3O4S/c1-18-10-4-8(5-11(19-2)13(10)20-3)9(17)7-21-12-6-14-16-15-12/h4-6H,7H2,1-3H3,(H,14,15,16). The normalized spacial score (nSPS) is 10.2. The van der Waals surface area contributed by atoms with Crippen molar-refractivity contribution in [1.29, 1.82) is 0 Å². The first kappa shape index (κ1) is 15.2. The minimum atomic E-state index is -0.0674. The molecule has 0 unspecified atom stereocenters. The Labute approximate surface area is 126 Å². The third kappa shape index (κ3) is 3.46. The second-order valence-corrected chi connectivity index (χ2v) is 4.93. The van der Waals surface area contributed by atoms with Gasteiger partial charge in [0.1, 0.15) is 5.03 Å². The zero-order valence-corrected chi connectivity index (χ0v) is 12.7. The topological polar surface area (TPSA) is 86.3 Å². The van der Waals surface area contributed by atoms with Crippen molar-refractivity contribution in [3.63, 3.8) is 0 Å². The summed E-state index contributed by atoms with van der Waals surface area (Å²) < 4.78 is 15.7. The molecule has 0 saturated heterocycles. The zero-order valence-electron chi connectivity index (χ0n) is 11.9. The number of ether oxygens (including phenoxy) is 3. The lowest BCUT2D eigenvalue weighted by molar-refractivity contribution is 0.102. The van der Waals surface area contributed by atoms with Gasteiger partial charge in [0.2, 0.25) is 5.75 Å². The number of Topliss-reactive ketones (excluding diaryl/α,β-unsaturated/α-hetero) is 1. The summed E-state index contributed by atoms with van der Waals surface area (Å²) in [5.41, 5.74) is 0.487. The number of H-pyrrole nitrogens is 1. The van der Waals surface area contributed by atoms with Gasteiger partial charge in [-0.2, -0.15) is 10.3 Å². The van der Waals surface area contributed by atoms with Gasteiger partial charge in [-0.3, -0.25) is 4.79 Å². The summed E-state index contributed by atoms with van der Waals surface area (Å²) >= 11 is 1.30. The molecule has 0 aliphatic heterocycles. The molecule has 0 aliphatic rings. The van der Waals surface area contributed by atoms with E-state index in [2.05, 4.69) is 15.4 Å². The Hall–Kier alpha value is -2.22. The van der Waals surface area contributed by atoms with Crippen molar-refractivity contribution in [3.8, 4) is 17.2 Å². The smallest absolute Gasteiger partial charge is 0.203 e. The number of carbonyl (C=O) groups excluding carboxylic acids is 1. The van der Waals surface area contributed by atoms with Crippen molar-refractivity contribution >= 4 is 17.5 Å². The summed E-state index contributed by atoms with van der Waals surface area (Å²) in [4.78, 5) is 12.2. The van der Waals surface area contributed by atoms with Gasteiger partial charge in [-0.05, 0) is 12.1 Å². The monoisotopic (exact) mass is 309 g/mol. The Kier molecular flexibility index (Phi) is 5.04. The van der Waals surface area contributed by atoms with Crippen LogP contribution in [0.4, 0.5) is 0 Å². The molecule has 0 spiro atoms. The fourth-order valence-electron chi connectivity index (χ4n) is 1.73. The number of benzene rings is 1. The van der Waals surface area contributed by atoms with E-state index < -0.39 is 0 Å². The molecule has 112 valence electrons. The molecule has 0 saturated carbocycles. The summed E-state index contributed by atoms with van der Waals surface area (Å²) in [5.74, 6) is 1.53. The van der Waals surface area contributed by atoms with E-state index in [0.717, 1.165) is 0 Å². The van der Waals surface area contributed by atoms with Gasteiger partial charge in [0.15, 0.2) is 17.3 Å². The van der Waals surface area contributed by atoms with Gasteiger partial charge >= 0.3 is 0 Å². The fourth-order valence-corrected chi connectivity index (χ4v) is 2.40. The Morgan fingerprint density at radius 1 is 1.19 bits per heavy atom. The lowest BCUT2D eigenvalue weighted by atomic mass is 10.1. The van der Waals surface area contributed by atoms with E-state index in [4.69, 9.17) is 14.2 Å². The van der Waals surface area contributed by atoms with Crippen LogP contribution in [0.25, 0.3) is 0 Å². The maximum atomic E-state index is 12.2. The molecule has 0 fully saturated rings. The first-order valence-corrected chi connectivity index (χ1v) is 7.00. The Bertz CT molecular complexity index is 591. The molecule has 0 amide bonds. The van der Waals surface area contributed by atoms with E-state index in [-0.39, 0.29) is 11.5 Å². The molecule has 1 heterocycles. The molecular formula is C13H15N3O4S. The number of carbonyl (C=O) groups is 1. The van der Waals surface area contributed by atoms with Crippen LogP contribution in [-0.4, -0.2) is 48.3 Å². The average Bonchev–Trinajstić information content (AvgIpc) is 3.04. The van der Waals surface area contributed by atoms with E-state index in [1.807, 2.05) is 0 Å². The number of rotatable bonds is 7.